The molecule has 0 saturated carbocycles. The Hall–Kier alpha value is -1.65. The van der Waals surface area contributed by atoms with E-state index in [4.69, 9.17) is 4.74 Å². The van der Waals surface area contributed by atoms with Crippen molar-refractivity contribution >= 4 is 0 Å². The molecule has 0 bridgehead atoms. The summed E-state index contributed by atoms with van der Waals surface area (Å²) in [5, 5.41) is 3.45. The lowest BCUT2D eigenvalue weighted by Gasteiger charge is -2.11. The lowest BCUT2D eigenvalue weighted by atomic mass is 10.2. The molecule has 19 heavy (non-hydrogen) atoms. The predicted octanol–water partition coefficient (Wildman–Crippen LogP) is 2.14. The van der Waals surface area contributed by atoms with Crippen molar-refractivity contribution in [1.29, 1.82) is 0 Å². The molecule has 1 atom stereocenters. The molecule has 3 rings (SSSR count). The number of nitrogens with zero attached hydrogens (tertiary/aromatic N) is 2. The van der Waals surface area contributed by atoms with Gasteiger partial charge >= 0.3 is 0 Å². The standard InChI is InChI=1S/C15H19N3O/c1-2-15(19-9-1)11-17-10-13-3-5-14(6-4-13)18-8-7-16-12-18/h3-8,12,15,17H,1-2,9-11H2. The zero-order valence-electron chi connectivity index (χ0n) is 11.0. The molecule has 0 amide bonds. The van der Waals surface area contributed by atoms with Gasteiger partial charge in [-0.3, -0.25) is 0 Å². The normalized spacial score (nSPS) is 18.8. The van der Waals surface area contributed by atoms with Crippen molar-refractivity contribution in [3.63, 3.8) is 0 Å². The number of rotatable bonds is 5. The van der Waals surface area contributed by atoms with E-state index >= 15 is 0 Å². The molecule has 0 radical (unpaired) electrons. The summed E-state index contributed by atoms with van der Waals surface area (Å²) in [4.78, 5) is 4.05. The van der Waals surface area contributed by atoms with Crippen molar-refractivity contribution < 1.29 is 4.74 Å². The minimum Gasteiger partial charge on any atom is -0.377 e. The van der Waals surface area contributed by atoms with Crippen LogP contribution in [0.2, 0.25) is 0 Å². The Kier molecular flexibility index (Phi) is 3.91. The zero-order chi connectivity index (χ0) is 12.9. The van der Waals surface area contributed by atoms with Gasteiger partial charge in [-0.15, -0.1) is 0 Å². The van der Waals surface area contributed by atoms with Gasteiger partial charge in [-0.25, -0.2) is 4.98 Å². The fourth-order valence-electron chi connectivity index (χ4n) is 2.38. The smallest absolute Gasteiger partial charge is 0.0991 e. The maximum Gasteiger partial charge on any atom is 0.0991 e. The average molecular weight is 257 g/mol. The molecule has 0 spiro atoms. The Morgan fingerprint density at radius 2 is 2.21 bits per heavy atom. The van der Waals surface area contributed by atoms with Gasteiger partial charge in [0.1, 0.15) is 0 Å². The van der Waals surface area contributed by atoms with Crippen LogP contribution in [-0.2, 0) is 11.3 Å². The van der Waals surface area contributed by atoms with Gasteiger partial charge in [-0.05, 0) is 30.5 Å². The monoisotopic (exact) mass is 257 g/mol. The first-order chi connectivity index (χ1) is 9.42. The first-order valence-electron chi connectivity index (χ1n) is 6.81. The maximum atomic E-state index is 5.59. The van der Waals surface area contributed by atoms with Crippen LogP contribution in [0.4, 0.5) is 0 Å². The van der Waals surface area contributed by atoms with Crippen molar-refractivity contribution in [2.24, 2.45) is 0 Å². The lowest BCUT2D eigenvalue weighted by molar-refractivity contribution is 0.110. The van der Waals surface area contributed by atoms with Crippen LogP contribution in [-0.4, -0.2) is 28.8 Å². The number of ether oxygens (including phenoxy) is 1. The van der Waals surface area contributed by atoms with Crippen LogP contribution in [0.25, 0.3) is 5.69 Å². The Bertz CT molecular complexity index is 487. The second kappa shape index (κ2) is 5.99. The molecule has 1 aliphatic rings. The van der Waals surface area contributed by atoms with Crippen molar-refractivity contribution in [1.82, 2.24) is 14.9 Å². The Morgan fingerprint density at radius 3 is 2.89 bits per heavy atom. The van der Waals surface area contributed by atoms with Gasteiger partial charge in [-0.2, -0.15) is 0 Å². The van der Waals surface area contributed by atoms with Gasteiger partial charge in [0.2, 0.25) is 0 Å². The number of hydrogen-bond donors (Lipinski definition) is 1. The highest BCUT2D eigenvalue weighted by molar-refractivity contribution is 5.34. The Balaban J connectivity index is 1.51. The van der Waals surface area contributed by atoms with E-state index < -0.39 is 0 Å². The van der Waals surface area contributed by atoms with E-state index in [-0.39, 0.29) is 0 Å². The number of aromatic nitrogens is 2. The minimum absolute atomic E-state index is 0.408. The van der Waals surface area contributed by atoms with Crippen molar-refractivity contribution in [3.05, 3.63) is 48.5 Å². The highest BCUT2D eigenvalue weighted by atomic mass is 16.5. The third kappa shape index (κ3) is 3.22. The van der Waals surface area contributed by atoms with E-state index in [1.807, 2.05) is 17.1 Å². The summed E-state index contributed by atoms with van der Waals surface area (Å²) in [5.41, 5.74) is 2.43. The molecule has 4 heteroatoms. The number of benzene rings is 1. The summed E-state index contributed by atoms with van der Waals surface area (Å²) in [5.74, 6) is 0. The topological polar surface area (TPSA) is 39.1 Å². The third-order valence-electron chi connectivity index (χ3n) is 3.46. The largest absolute Gasteiger partial charge is 0.377 e. The second-order valence-corrected chi connectivity index (χ2v) is 4.90. The van der Waals surface area contributed by atoms with Gasteiger partial charge in [-0.1, -0.05) is 12.1 Å². The van der Waals surface area contributed by atoms with Gasteiger partial charge in [0.15, 0.2) is 0 Å². The van der Waals surface area contributed by atoms with Crippen LogP contribution < -0.4 is 5.32 Å². The molecule has 1 unspecified atom stereocenters. The van der Waals surface area contributed by atoms with Gasteiger partial charge in [0, 0.05) is 37.8 Å². The van der Waals surface area contributed by atoms with Crippen LogP contribution in [0.3, 0.4) is 0 Å². The van der Waals surface area contributed by atoms with Crippen molar-refractivity contribution in [2.45, 2.75) is 25.5 Å². The second-order valence-electron chi connectivity index (χ2n) is 4.90. The fourth-order valence-corrected chi connectivity index (χ4v) is 2.38. The highest BCUT2D eigenvalue weighted by Crippen LogP contribution is 2.12. The molecule has 2 heterocycles. The predicted molar refractivity (Wildman–Crippen MR) is 74.2 cm³/mol. The minimum atomic E-state index is 0.408. The van der Waals surface area contributed by atoms with E-state index in [0.717, 1.165) is 25.4 Å². The molecule has 4 nitrogen and oxygen atoms in total. The molecule has 100 valence electrons. The van der Waals surface area contributed by atoms with Crippen LogP contribution in [0, 0.1) is 0 Å². The average Bonchev–Trinajstić information content (AvgIpc) is 3.13. The quantitative estimate of drug-likeness (QED) is 0.892. The molecule has 2 aromatic rings. The lowest BCUT2D eigenvalue weighted by Crippen LogP contribution is -2.25. The van der Waals surface area contributed by atoms with Crippen LogP contribution in [0.5, 0.6) is 0 Å². The summed E-state index contributed by atoms with van der Waals surface area (Å²) in [6.07, 6.45) is 8.34. The van der Waals surface area contributed by atoms with E-state index in [0.29, 0.717) is 6.10 Å². The van der Waals surface area contributed by atoms with Crippen LogP contribution in [0.1, 0.15) is 18.4 Å². The van der Waals surface area contributed by atoms with Gasteiger partial charge in [0.25, 0.3) is 0 Å². The summed E-state index contributed by atoms with van der Waals surface area (Å²) >= 11 is 0. The molecular weight excluding hydrogens is 238 g/mol. The third-order valence-corrected chi connectivity index (χ3v) is 3.46. The molecule has 1 fully saturated rings. The number of hydrogen-bond acceptors (Lipinski definition) is 3. The fraction of sp³-hybridized carbons (Fsp3) is 0.400. The van der Waals surface area contributed by atoms with E-state index in [1.165, 1.54) is 18.4 Å². The molecule has 1 N–H and O–H groups in total. The van der Waals surface area contributed by atoms with Crippen LogP contribution in [0.15, 0.2) is 43.0 Å². The van der Waals surface area contributed by atoms with Gasteiger partial charge in [0.05, 0.1) is 12.4 Å². The zero-order valence-corrected chi connectivity index (χ0v) is 11.0. The highest BCUT2D eigenvalue weighted by Gasteiger charge is 2.14. The summed E-state index contributed by atoms with van der Waals surface area (Å²) in [7, 11) is 0. The molecule has 0 aliphatic carbocycles. The summed E-state index contributed by atoms with van der Waals surface area (Å²) < 4.78 is 7.59. The van der Waals surface area contributed by atoms with Crippen molar-refractivity contribution in [3.8, 4) is 5.69 Å². The van der Waals surface area contributed by atoms with E-state index in [9.17, 15) is 0 Å². The van der Waals surface area contributed by atoms with Crippen molar-refractivity contribution in [2.75, 3.05) is 13.2 Å². The summed E-state index contributed by atoms with van der Waals surface area (Å²) in [6, 6.07) is 8.53. The number of nitrogens with one attached hydrogen (secondary N) is 1. The summed E-state index contributed by atoms with van der Waals surface area (Å²) in [6.45, 7) is 2.76. The van der Waals surface area contributed by atoms with E-state index in [1.54, 1.807) is 6.20 Å². The molecular formula is C15H19N3O. The molecule has 1 aromatic carbocycles. The van der Waals surface area contributed by atoms with Crippen LogP contribution >= 0.6 is 0 Å². The molecule has 1 aliphatic heterocycles. The number of imidazole rings is 1. The molecule has 1 aromatic heterocycles. The first kappa shape index (κ1) is 12.4. The maximum absolute atomic E-state index is 5.59. The van der Waals surface area contributed by atoms with Gasteiger partial charge < -0.3 is 14.6 Å². The first-order valence-corrected chi connectivity index (χ1v) is 6.81. The Morgan fingerprint density at radius 1 is 1.32 bits per heavy atom. The SMILES string of the molecule is c1cn(-c2ccc(CNCC3CCCO3)cc2)cn1. The van der Waals surface area contributed by atoms with E-state index in [2.05, 4.69) is 34.6 Å². The Labute approximate surface area is 113 Å². The molecule has 1 saturated heterocycles.